The molecule has 0 saturated carbocycles. The van der Waals surface area contributed by atoms with Gasteiger partial charge in [0.05, 0.1) is 0 Å². The number of nitrogens with two attached hydrogens (primary N) is 1. The number of primary amides is 1. The number of carbonyl (C=O) groups excluding carboxylic acids is 1. The Morgan fingerprint density at radius 3 is 2.14 bits per heavy atom. The van der Waals surface area contributed by atoms with Crippen molar-refractivity contribution in [2.24, 2.45) is 5.73 Å². The van der Waals surface area contributed by atoms with Crippen LogP contribution in [0.5, 0.6) is 0 Å². The lowest BCUT2D eigenvalue weighted by molar-refractivity contribution is -0.135. The molecule has 1 aromatic carbocycles. The lowest BCUT2D eigenvalue weighted by atomic mass is 9.95. The average molecular weight is 201 g/mol. The Morgan fingerprint density at radius 1 is 1.36 bits per heavy atom. The monoisotopic (exact) mass is 201 g/mol. The second kappa shape index (κ2) is 3.34. The molecule has 3 N–H and O–H groups in total. The maximum atomic E-state index is 12.7. The minimum absolute atomic E-state index is 0.206. The molecule has 0 aliphatic carbocycles. The molecule has 5 heteroatoms. The number of benzene rings is 1. The number of hydrogen-bond donors (Lipinski definition) is 2. The predicted octanol–water partition coefficient (Wildman–Crippen LogP) is 0.658. The molecule has 1 aromatic rings. The van der Waals surface area contributed by atoms with Crippen molar-refractivity contribution in [1.82, 2.24) is 0 Å². The van der Waals surface area contributed by atoms with Gasteiger partial charge in [0.2, 0.25) is 0 Å². The summed E-state index contributed by atoms with van der Waals surface area (Å²) in [6.07, 6.45) is 0. The Balaban J connectivity index is 3.25. The molecule has 0 fully saturated rings. The number of aliphatic hydroxyl groups is 1. The normalized spacial score (nSPS) is 14.9. The zero-order valence-corrected chi connectivity index (χ0v) is 7.42. The van der Waals surface area contributed by atoms with Crippen molar-refractivity contribution in [3.8, 4) is 0 Å². The first-order valence-corrected chi connectivity index (χ1v) is 3.83. The quantitative estimate of drug-likeness (QED) is 0.738. The van der Waals surface area contributed by atoms with Gasteiger partial charge < -0.3 is 10.8 Å². The van der Waals surface area contributed by atoms with Crippen molar-refractivity contribution >= 4 is 5.91 Å². The van der Waals surface area contributed by atoms with E-state index < -0.39 is 23.1 Å². The number of halogens is 2. The molecule has 1 rings (SSSR count). The Bertz CT molecular complexity index is 357. The highest BCUT2D eigenvalue weighted by atomic mass is 19.1. The zero-order chi connectivity index (χ0) is 10.9. The van der Waals surface area contributed by atoms with Crippen LogP contribution < -0.4 is 5.73 Å². The fraction of sp³-hybridized carbons (Fsp3) is 0.222. The molecule has 0 radical (unpaired) electrons. The highest BCUT2D eigenvalue weighted by molar-refractivity contribution is 5.84. The summed E-state index contributed by atoms with van der Waals surface area (Å²) in [6.45, 7) is 1.07. The average Bonchev–Trinajstić information content (AvgIpc) is 2.01. The molecular weight excluding hydrogens is 192 g/mol. The summed E-state index contributed by atoms with van der Waals surface area (Å²) in [7, 11) is 0. The van der Waals surface area contributed by atoms with Crippen molar-refractivity contribution < 1.29 is 18.7 Å². The van der Waals surface area contributed by atoms with Crippen LogP contribution in [0.4, 0.5) is 8.78 Å². The van der Waals surface area contributed by atoms with Crippen molar-refractivity contribution in [3.63, 3.8) is 0 Å². The Hall–Kier alpha value is -1.49. The highest BCUT2D eigenvalue weighted by Gasteiger charge is 2.30. The topological polar surface area (TPSA) is 63.3 Å². The van der Waals surface area contributed by atoms with Gasteiger partial charge in [-0.1, -0.05) is 0 Å². The molecule has 0 aliphatic heterocycles. The van der Waals surface area contributed by atoms with Crippen LogP contribution in [0.2, 0.25) is 0 Å². The van der Waals surface area contributed by atoms with Crippen LogP contribution in [0.15, 0.2) is 18.2 Å². The number of amides is 1. The maximum absolute atomic E-state index is 12.7. The van der Waals surface area contributed by atoms with Gasteiger partial charge in [-0.2, -0.15) is 0 Å². The molecule has 14 heavy (non-hydrogen) atoms. The first kappa shape index (κ1) is 10.6. The fourth-order valence-electron chi connectivity index (χ4n) is 0.977. The maximum Gasteiger partial charge on any atom is 0.253 e. The van der Waals surface area contributed by atoms with E-state index in [1.54, 1.807) is 0 Å². The van der Waals surface area contributed by atoms with Gasteiger partial charge in [-0.25, -0.2) is 8.78 Å². The van der Waals surface area contributed by atoms with Gasteiger partial charge in [0, 0.05) is 6.07 Å². The summed E-state index contributed by atoms with van der Waals surface area (Å²) in [6, 6.07) is 2.35. The van der Waals surface area contributed by atoms with Crippen LogP contribution in [0, 0.1) is 11.6 Å². The van der Waals surface area contributed by atoms with Crippen molar-refractivity contribution in [2.75, 3.05) is 0 Å². The Kier molecular flexibility index (Phi) is 2.53. The van der Waals surface area contributed by atoms with Gasteiger partial charge in [-0.15, -0.1) is 0 Å². The van der Waals surface area contributed by atoms with E-state index in [0.29, 0.717) is 6.07 Å². The smallest absolute Gasteiger partial charge is 0.253 e. The molecule has 0 bridgehead atoms. The molecule has 76 valence electrons. The van der Waals surface area contributed by atoms with E-state index in [9.17, 15) is 18.7 Å². The summed E-state index contributed by atoms with van der Waals surface area (Å²) in [5.41, 5.74) is 2.60. The Labute approximate surface area is 79.2 Å². The van der Waals surface area contributed by atoms with E-state index >= 15 is 0 Å². The zero-order valence-electron chi connectivity index (χ0n) is 7.42. The Morgan fingerprint density at radius 2 is 1.79 bits per heavy atom. The standard InChI is InChI=1S/C9H9F2NO2/c1-9(14,8(12)13)5-2-6(10)4-7(11)3-5/h2-4,14H,1H3,(H2,12,13). The van der Waals surface area contributed by atoms with E-state index in [-0.39, 0.29) is 5.56 Å². The molecule has 1 amide bonds. The third-order valence-corrected chi connectivity index (χ3v) is 1.90. The largest absolute Gasteiger partial charge is 0.376 e. The first-order valence-electron chi connectivity index (χ1n) is 3.83. The van der Waals surface area contributed by atoms with E-state index in [2.05, 4.69) is 0 Å². The molecule has 3 nitrogen and oxygen atoms in total. The SMILES string of the molecule is CC(O)(C(N)=O)c1cc(F)cc(F)c1. The lowest BCUT2D eigenvalue weighted by Gasteiger charge is -2.19. The van der Waals surface area contributed by atoms with Gasteiger partial charge in [0.25, 0.3) is 5.91 Å². The number of rotatable bonds is 2. The number of carbonyl (C=O) groups is 1. The van der Waals surface area contributed by atoms with Crippen LogP contribution in [-0.2, 0) is 10.4 Å². The van der Waals surface area contributed by atoms with Gasteiger partial charge >= 0.3 is 0 Å². The van der Waals surface area contributed by atoms with Crippen LogP contribution >= 0.6 is 0 Å². The lowest BCUT2D eigenvalue weighted by Crippen LogP contribution is -2.38. The summed E-state index contributed by atoms with van der Waals surface area (Å²) >= 11 is 0. The van der Waals surface area contributed by atoms with Crippen LogP contribution in [0.25, 0.3) is 0 Å². The van der Waals surface area contributed by atoms with E-state index in [4.69, 9.17) is 5.73 Å². The summed E-state index contributed by atoms with van der Waals surface area (Å²) < 4.78 is 25.4. The molecule has 0 heterocycles. The predicted molar refractivity (Wildman–Crippen MR) is 45.1 cm³/mol. The van der Waals surface area contributed by atoms with Gasteiger partial charge in [0.1, 0.15) is 11.6 Å². The van der Waals surface area contributed by atoms with Crippen molar-refractivity contribution in [1.29, 1.82) is 0 Å². The minimum atomic E-state index is -2.07. The van der Waals surface area contributed by atoms with E-state index in [1.165, 1.54) is 0 Å². The first-order chi connectivity index (χ1) is 6.34. The summed E-state index contributed by atoms with van der Waals surface area (Å²) in [5, 5.41) is 9.50. The number of hydrogen-bond acceptors (Lipinski definition) is 2. The van der Waals surface area contributed by atoms with Gasteiger partial charge in [-0.05, 0) is 24.6 Å². The molecule has 0 saturated heterocycles. The van der Waals surface area contributed by atoms with Crippen molar-refractivity contribution in [3.05, 3.63) is 35.4 Å². The van der Waals surface area contributed by atoms with Gasteiger partial charge in [0.15, 0.2) is 5.60 Å². The van der Waals surface area contributed by atoms with Crippen molar-refractivity contribution in [2.45, 2.75) is 12.5 Å². The van der Waals surface area contributed by atoms with Crippen LogP contribution in [-0.4, -0.2) is 11.0 Å². The van der Waals surface area contributed by atoms with Crippen LogP contribution in [0.1, 0.15) is 12.5 Å². The molecule has 0 aliphatic rings. The third kappa shape index (κ3) is 1.88. The second-order valence-corrected chi connectivity index (χ2v) is 3.09. The second-order valence-electron chi connectivity index (χ2n) is 3.09. The summed E-state index contributed by atoms with van der Waals surface area (Å²) in [5.74, 6) is -2.81. The summed E-state index contributed by atoms with van der Waals surface area (Å²) in [4.78, 5) is 10.8. The van der Waals surface area contributed by atoms with Crippen LogP contribution in [0.3, 0.4) is 0 Å². The minimum Gasteiger partial charge on any atom is -0.376 e. The highest BCUT2D eigenvalue weighted by Crippen LogP contribution is 2.21. The molecule has 0 aromatic heterocycles. The third-order valence-electron chi connectivity index (χ3n) is 1.90. The fourth-order valence-corrected chi connectivity index (χ4v) is 0.977. The molecular formula is C9H9F2NO2. The molecule has 0 spiro atoms. The van der Waals surface area contributed by atoms with E-state index in [0.717, 1.165) is 19.1 Å². The molecule has 1 unspecified atom stereocenters. The van der Waals surface area contributed by atoms with E-state index in [1.807, 2.05) is 0 Å². The molecule has 1 atom stereocenters. The van der Waals surface area contributed by atoms with Gasteiger partial charge in [-0.3, -0.25) is 4.79 Å².